The molecule has 0 aliphatic carbocycles. The zero-order valence-corrected chi connectivity index (χ0v) is 19.3. The average Bonchev–Trinajstić information content (AvgIpc) is 2.77. The molecule has 0 aromatic heterocycles. The van der Waals surface area contributed by atoms with Gasteiger partial charge in [0.15, 0.2) is 11.6 Å². The third-order valence-corrected chi connectivity index (χ3v) is 5.99. The standard InChI is InChI=1S/C26H26O2.HOP/c1-15-10-12-23(19(5)17(15)3)25(27)21-8-7-9-22(14-21)26(28)24-13-11-16(2)18(4)20(24)6;1-2/h7-14H,1-6H3;2H. The highest BCUT2D eigenvalue weighted by Crippen LogP contribution is 2.23. The molecule has 3 rings (SSSR count). The van der Waals surface area contributed by atoms with Crippen LogP contribution in [0.1, 0.15) is 65.2 Å². The Morgan fingerprint density at radius 1 is 0.567 bits per heavy atom. The van der Waals surface area contributed by atoms with Crippen LogP contribution in [-0.2, 0) is 4.57 Å². The van der Waals surface area contributed by atoms with E-state index in [1.165, 1.54) is 11.1 Å². The first-order valence-corrected chi connectivity index (χ1v) is 10.2. The van der Waals surface area contributed by atoms with Crippen molar-refractivity contribution in [1.29, 1.82) is 0 Å². The molecule has 30 heavy (non-hydrogen) atoms. The van der Waals surface area contributed by atoms with Crippen molar-refractivity contribution >= 4 is 20.7 Å². The first-order chi connectivity index (χ1) is 14.2. The summed E-state index contributed by atoms with van der Waals surface area (Å²) >= 11 is 0. The van der Waals surface area contributed by atoms with Gasteiger partial charge in [0.2, 0.25) is 0 Å². The summed E-state index contributed by atoms with van der Waals surface area (Å²) in [5.74, 6) is -0.0980. The maximum atomic E-state index is 13.1. The SMILES string of the molecule is Cc1ccc(C(=O)c2cccc(C(=O)c3ccc(C)c(C)c3C)c2)c(C)c1C.O=P. The molecule has 0 saturated carbocycles. The van der Waals surface area contributed by atoms with Gasteiger partial charge in [0.05, 0.1) is 0 Å². The zero-order valence-electron chi connectivity index (χ0n) is 18.3. The number of hydrogen-bond donors (Lipinski definition) is 0. The fraction of sp³-hybridized carbons (Fsp3) is 0.231. The van der Waals surface area contributed by atoms with E-state index < -0.39 is 0 Å². The van der Waals surface area contributed by atoms with Crippen LogP contribution in [0.3, 0.4) is 0 Å². The molecule has 0 unspecified atom stereocenters. The van der Waals surface area contributed by atoms with E-state index in [0.29, 0.717) is 22.3 Å². The topological polar surface area (TPSA) is 51.2 Å². The Hall–Kier alpha value is -2.90. The smallest absolute Gasteiger partial charge is 0.193 e. The van der Waals surface area contributed by atoms with Crippen molar-refractivity contribution in [2.24, 2.45) is 0 Å². The molecule has 0 N–H and O–H groups in total. The van der Waals surface area contributed by atoms with Crippen LogP contribution in [0, 0.1) is 41.5 Å². The summed E-state index contributed by atoms with van der Waals surface area (Å²) in [4.78, 5) is 26.2. The molecule has 0 atom stereocenters. The molecule has 0 aliphatic heterocycles. The molecular formula is C26H27O3P. The Morgan fingerprint density at radius 2 is 0.933 bits per heavy atom. The number of carbonyl (C=O) groups is 2. The van der Waals surface area contributed by atoms with Gasteiger partial charge in [-0.2, -0.15) is 0 Å². The second kappa shape index (κ2) is 9.73. The van der Waals surface area contributed by atoms with Crippen LogP contribution in [-0.4, -0.2) is 11.6 Å². The van der Waals surface area contributed by atoms with Gasteiger partial charge in [0.1, 0.15) is 9.12 Å². The molecule has 0 amide bonds. The normalized spacial score (nSPS) is 10.2. The molecule has 0 spiro atoms. The van der Waals surface area contributed by atoms with Crippen molar-refractivity contribution in [3.8, 4) is 0 Å². The van der Waals surface area contributed by atoms with Gasteiger partial charge >= 0.3 is 0 Å². The predicted molar refractivity (Wildman–Crippen MR) is 124 cm³/mol. The minimum Gasteiger partial charge on any atom is -0.289 e. The van der Waals surface area contributed by atoms with E-state index in [2.05, 4.69) is 0 Å². The van der Waals surface area contributed by atoms with E-state index in [4.69, 9.17) is 4.57 Å². The Kier molecular flexibility index (Phi) is 7.59. The second-order valence-electron chi connectivity index (χ2n) is 7.60. The minimum absolute atomic E-state index is 0.0490. The van der Waals surface area contributed by atoms with Gasteiger partial charge in [0.25, 0.3) is 0 Å². The first-order valence-electron chi connectivity index (χ1n) is 9.76. The van der Waals surface area contributed by atoms with Crippen LogP contribution in [0.15, 0.2) is 48.5 Å². The van der Waals surface area contributed by atoms with Crippen molar-refractivity contribution in [3.05, 3.63) is 104 Å². The number of benzene rings is 3. The fourth-order valence-electron chi connectivity index (χ4n) is 3.52. The molecule has 3 aromatic rings. The zero-order chi connectivity index (χ0) is 22.6. The summed E-state index contributed by atoms with van der Waals surface area (Å²) in [6.45, 7) is 12.1. The van der Waals surface area contributed by atoms with Gasteiger partial charge in [-0.1, -0.05) is 42.5 Å². The average molecular weight is 418 g/mol. The van der Waals surface area contributed by atoms with E-state index in [1.54, 1.807) is 33.4 Å². The lowest BCUT2D eigenvalue weighted by Crippen LogP contribution is -2.09. The van der Waals surface area contributed by atoms with Gasteiger partial charge in [0, 0.05) is 22.3 Å². The largest absolute Gasteiger partial charge is 0.289 e. The first kappa shape index (κ1) is 23.4. The molecule has 0 radical (unpaired) electrons. The predicted octanol–water partition coefficient (Wildman–Crippen LogP) is 6.47. The van der Waals surface area contributed by atoms with Gasteiger partial charge in [-0.15, -0.1) is 0 Å². The minimum atomic E-state index is -0.0490. The number of aryl methyl sites for hydroxylation is 2. The number of hydrogen-bond acceptors (Lipinski definition) is 3. The Labute approximate surface area is 180 Å². The highest BCUT2D eigenvalue weighted by atomic mass is 31.0. The van der Waals surface area contributed by atoms with Crippen molar-refractivity contribution < 1.29 is 14.2 Å². The summed E-state index contributed by atoms with van der Waals surface area (Å²) in [6.07, 6.45) is 0. The summed E-state index contributed by atoms with van der Waals surface area (Å²) < 4.78 is 8.06. The van der Waals surface area contributed by atoms with E-state index in [0.717, 1.165) is 22.3 Å². The van der Waals surface area contributed by atoms with Crippen LogP contribution in [0.5, 0.6) is 0 Å². The lowest BCUT2D eigenvalue weighted by molar-refractivity contribution is 0.103. The quantitative estimate of drug-likeness (QED) is 0.360. The van der Waals surface area contributed by atoms with E-state index >= 15 is 0 Å². The lowest BCUT2D eigenvalue weighted by Gasteiger charge is -2.12. The van der Waals surface area contributed by atoms with Crippen molar-refractivity contribution in [1.82, 2.24) is 0 Å². The molecule has 0 heterocycles. The molecule has 4 heteroatoms. The van der Waals surface area contributed by atoms with E-state index in [9.17, 15) is 9.59 Å². The van der Waals surface area contributed by atoms with Crippen molar-refractivity contribution in [3.63, 3.8) is 0 Å². The summed E-state index contributed by atoms with van der Waals surface area (Å²) in [6, 6.07) is 14.8. The van der Waals surface area contributed by atoms with Gasteiger partial charge < -0.3 is 0 Å². The molecule has 0 fully saturated rings. The van der Waals surface area contributed by atoms with Crippen molar-refractivity contribution in [2.75, 3.05) is 0 Å². The Bertz CT molecular complexity index is 1040. The third kappa shape index (κ3) is 4.47. The summed E-state index contributed by atoms with van der Waals surface area (Å²) in [5.41, 5.74) is 9.04. The maximum Gasteiger partial charge on any atom is 0.193 e. The van der Waals surface area contributed by atoms with Crippen LogP contribution in [0.2, 0.25) is 0 Å². The maximum absolute atomic E-state index is 13.1. The molecule has 3 nitrogen and oxygen atoms in total. The van der Waals surface area contributed by atoms with Crippen LogP contribution in [0.25, 0.3) is 0 Å². The molecule has 0 aliphatic rings. The summed E-state index contributed by atoms with van der Waals surface area (Å²) in [7, 11) is 1.72. The highest BCUT2D eigenvalue weighted by Gasteiger charge is 2.18. The Morgan fingerprint density at radius 3 is 1.30 bits per heavy atom. The molecule has 3 aromatic carbocycles. The number of rotatable bonds is 4. The van der Waals surface area contributed by atoms with Gasteiger partial charge in [-0.3, -0.25) is 14.2 Å². The Balaban J connectivity index is 0.00000155. The van der Waals surface area contributed by atoms with E-state index in [1.807, 2.05) is 65.8 Å². The van der Waals surface area contributed by atoms with Crippen LogP contribution >= 0.6 is 9.12 Å². The van der Waals surface area contributed by atoms with E-state index in [-0.39, 0.29) is 11.6 Å². The number of carbonyl (C=O) groups excluding carboxylic acids is 2. The van der Waals surface area contributed by atoms with Crippen LogP contribution < -0.4 is 0 Å². The monoisotopic (exact) mass is 418 g/mol. The molecule has 154 valence electrons. The van der Waals surface area contributed by atoms with Crippen LogP contribution in [0.4, 0.5) is 0 Å². The van der Waals surface area contributed by atoms with Crippen molar-refractivity contribution in [2.45, 2.75) is 41.5 Å². The highest BCUT2D eigenvalue weighted by molar-refractivity contribution is 7.00. The van der Waals surface area contributed by atoms with Gasteiger partial charge in [-0.05, 0) is 81.0 Å². The lowest BCUT2D eigenvalue weighted by atomic mass is 9.90. The molecular weight excluding hydrogens is 391 g/mol. The molecule has 0 saturated heterocycles. The van der Waals surface area contributed by atoms with Gasteiger partial charge in [-0.25, -0.2) is 0 Å². The fourth-order valence-corrected chi connectivity index (χ4v) is 3.52. The second-order valence-corrected chi connectivity index (χ2v) is 7.60. The summed E-state index contributed by atoms with van der Waals surface area (Å²) in [5, 5.41) is 0. The third-order valence-electron chi connectivity index (χ3n) is 5.99. The molecule has 0 bridgehead atoms. The number of ketones is 2.